The minimum Gasteiger partial charge on any atom is -0.0622 e. The zero-order valence-corrected chi connectivity index (χ0v) is 10.9. The molecule has 0 spiro atoms. The molecule has 1 radical (unpaired) electrons. The van der Waals surface area contributed by atoms with Gasteiger partial charge in [-0.25, -0.2) is 0 Å². The molecule has 0 bridgehead atoms. The number of fused-ring (bicyclic) bond motifs is 1. The average molecular weight is 243 g/mol. The molecule has 3 aromatic rings. The number of rotatable bonds is 2. The number of hydrogen-bond donors (Lipinski definition) is 0. The van der Waals surface area contributed by atoms with Crippen molar-refractivity contribution in [1.82, 2.24) is 0 Å². The molecule has 0 nitrogen and oxygen atoms in total. The highest BCUT2D eigenvalue weighted by molar-refractivity contribution is 5.97. The lowest BCUT2D eigenvalue weighted by molar-refractivity contribution is 1.53. The van der Waals surface area contributed by atoms with Gasteiger partial charge in [0.15, 0.2) is 0 Å². The van der Waals surface area contributed by atoms with Gasteiger partial charge in [0.1, 0.15) is 0 Å². The predicted molar refractivity (Wildman–Crippen MR) is 81.8 cm³/mol. The molecule has 0 fully saturated rings. The van der Waals surface area contributed by atoms with Crippen LogP contribution in [-0.4, -0.2) is 0 Å². The Balaban J connectivity index is 2.24. The Hall–Kier alpha value is -2.34. The van der Waals surface area contributed by atoms with Gasteiger partial charge in [0.2, 0.25) is 0 Å². The summed E-state index contributed by atoms with van der Waals surface area (Å²) in [5, 5.41) is 2.54. The monoisotopic (exact) mass is 243 g/mol. The fourth-order valence-corrected chi connectivity index (χ4v) is 2.48. The minimum absolute atomic E-state index is 1.16. The van der Waals surface area contributed by atoms with Crippen molar-refractivity contribution in [2.24, 2.45) is 0 Å². The standard InChI is InChI=1S/C19H15/c1-2-17(15-9-4-3-5-10-15)19-14-8-12-16-11-6-7-13-18(16)19/h3-14H,1H3. The molecule has 0 atom stereocenters. The Bertz CT molecular complexity index is 716. The summed E-state index contributed by atoms with van der Waals surface area (Å²) in [6.45, 7) is 1.98. The van der Waals surface area contributed by atoms with E-state index in [1.54, 1.807) is 0 Å². The van der Waals surface area contributed by atoms with Crippen molar-refractivity contribution in [3.8, 4) is 0 Å². The Morgan fingerprint density at radius 1 is 0.737 bits per heavy atom. The van der Waals surface area contributed by atoms with Crippen LogP contribution in [0.4, 0.5) is 0 Å². The van der Waals surface area contributed by atoms with Crippen LogP contribution in [0.3, 0.4) is 0 Å². The Morgan fingerprint density at radius 3 is 2.21 bits per heavy atom. The molecule has 0 aliphatic rings. The van der Waals surface area contributed by atoms with Crippen LogP contribution in [0, 0.1) is 6.08 Å². The van der Waals surface area contributed by atoms with Crippen LogP contribution in [-0.2, 0) is 0 Å². The maximum Gasteiger partial charge on any atom is -0.00730 e. The summed E-state index contributed by atoms with van der Waals surface area (Å²) in [5.41, 5.74) is 3.62. The van der Waals surface area contributed by atoms with E-state index in [1.165, 1.54) is 21.9 Å². The molecule has 0 saturated heterocycles. The summed E-state index contributed by atoms with van der Waals surface area (Å²) >= 11 is 0. The first-order chi connectivity index (χ1) is 9.40. The van der Waals surface area contributed by atoms with E-state index in [9.17, 15) is 0 Å². The third kappa shape index (κ3) is 2.17. The van der Waals surface area contributed by atoms with Crippen LogP contribution in [0.5, 0.6) is 0 Å². The summed E-state index contributed by atoms with van der Waals surface area (Å²) in [4.78, 5) is 0. The lowest BCUT2D eigenvalue weighted by atomic mass is 9.93. The van der Waals surface area contributed by atoms with E-state index in [-0.39, 0.29) is 0 Å². The van der Waals surface area contributed by atoms with E-state index in [4.69, 9.17) is 0 Å². The molecule has 0 heterocycles. The Labute approximate surface area is 114 Å². The largest absolute Gasteiger partial charge is 0.0622 e. The van der Waals surface area contributed by atoms with Crippen molar-refractivity contribution >= 4 is 16.3 Å². The molecule has 0 amide bonds. The summed E-state index contributed by atoms with van der Waals surface area (Å²) in [5.74, 6) is 0. The van der Waals surface area contributed by atoms with Crippen molar-refractivity contribution in [3.05, 3.63) is 90.0 Å². The molecule has 0 unspecified atom stereocenters. The minimum atomic E-state index is 1.16. The van der Waals surface area contributed by atoms with Crippen molar-refractivity contribution in [2.45, 2.75) is 6.92 Å². The molecule has 0 aromatic heterocycles. The van der Waals surface area contributed by atoms with E-state index < -0.39 is 0 Å². The molecule has 0 aliphatic heterocycles. The van der Waals surface area contributed by atoms with Gasteiger partial charge < -0.3 is 0 Å². The topological polar surface area (TPSA) is 0 Å². The molecule has 0 saturated carbocycles. The van der Waals surface area contributed by atoms with Crippen LogP contribution in [0.2, 0.25) is 0 Å². The molecule has 0 heteroatoms. The molecule has 19 heavy (non-hydrogen) atoms. The summed E-state index contributed by atoms with van der Waals surface area (Å²) in [6, 6.07) is 25.4. The maximum absolute atomic E-state index is 3.34. The molecule has 3 aromatic carbocycles. The smallest absolute Gasteiger partial charge is 0.00730 e. The normalized spacial score (nSPS) is 11.7. The number of allylic oxidation sites excluding steroid dienone is 1. The van der Waals surface area contributed by atoms with Gasteiger partial charge in [-0.15, -0.1) is 0 Å². The second-order valence-electron chi connectivity index (χ2n) is 4.52. The highest BCUT2D eigenvalue weighted by atomic mass is 14.1. The van der Waals surface area contributed by atoms with Crippen LogP contribution < -0.4 is 0 Å². The molecule has 91 valence electrons. The fraction of sp³-hybridized carbons (Fsp3) is 0.0526. The fourth-order valence-electron chi connectivity index (χ4n) is 2.48. The summed E-state index contributed by atoms with van der Waals surface area (Å²) in [6.07, 6.45) is 3.34. The SMILES string of the molecule is C[C]=C(c1ccccc1)c1cccc2ccccc12. The lowest BCUT2D eigenvalue weighted by Gasteiger charge is -2.10. The lowest BCUT2D eigenvalue weighted by Crippen LogP contribution is -1.89. The first-order valence-corrected chi connectivity index (χ1v) is 6.48. The van der Waals surface area contributed by atoms with E-state index in [2.05, 4.69) is 72.8 Å². The van der Waals surface area contributed by atoms with Gasteiger partial charge in [0.05, 0.1) is 0 Å². The van der Waals surface area contributed by atoms with Gasteiger partial charge in [-0.2, -0.15) is 0 Å². The summed E-state index contributed by atoms with van der Waals surface area (Å²) in [7, 11) is 0. The van der Waals surface area contributed by atoms with E-state index in [0.29, 0.717) is 0 Å². The second kappa shape index (κ2) is 5.11. The molecular weight excluding hydrogens is 228 g/mol. The first kappa shape index (κ1) is 11.7. The zero-order valence-electron chi connectivity index (χ0n) is 10.9. The van der Waals surface area contributed by atoms with Gasteiger partial charge in [0, 0.05) is 0 Å². The number of benzene rings is 3. The Kier molecular flexibility index (Phi) is 3.16. The van der Waals surface area contributed by atoms with E-state index >= 15 is 0 Å². The third-order valence-electron chi connectivity index (χ3n) is 3.37. The highest BCUT2D eigenvalue weighted by Crippen LogP contribution is 2.29. The second-order valence-corrected chi connectivity index (χ2v) is 4.52. The van der Waals surface area contributed by atoms with Gasteiger partial charge >= 0.3 is 0 Å². The van der Waals surface area contributed by atoms with Crippen LogP contribution in [0.25, 0.3) is 16.3 Å². The van der Waals surface area contributed by atoms with Crippen LogP contribution in [0.15, 0.2) is 72.8 Å². The van der Waals surface area contributed by atoms with Gasteiger partial charge in [-0.3, -0.25) is 0 Å². The van der Waals surface area contributed by atoms with Crippen molar-refractivity contribution in [3.63, 3.8) is 0 Å². The van der Waals surface area contributed by atoms with Gasteiger partial charge in [-0.1, -0.05) is 72.8 Å². The highest BCUT2D eigenvalue weighted by Gasteiger charge is 2.07. The van der Waals surface area contributed by atoms with Crippen LogP contribution >= 0.6 is 0 Å². The molecule has 0 N–H and O–H groups in total. The maximum atomic E-state index is 3.34. The molecular formula is C19H15. The van der Waals surface area contributed by atoms with Crippen LogP contribution in [0.1, 0.15) is 18.1 Å². The van der Waals surface area contributed by atoms with Gasteiger partial charge in [-0.05, 0) is 40.5 Å². The average Bonchev–Trinajstić information content (AvgIpc) is 2.49. The predicted octanol–water partition coefficient (Wildman–Crippen LogP) is 5.09. The summed E-state index contributed by atoms with van der Waals surface area (Å²) < 4.78 is 0. The molecule has 3 rings (SSSR count). The van der Waals surface area contributed by atoms with Gasteiger partial charge in [0.25, 0.3) is 0 Å². The van der Waals surface area contributed by atoms with Crippen molar-refractivity contribution < 1.29 is 0 Å². The zero-order chi connectivity index (χ0) is 13.1. The molecule has 0 aliphatic carbocycles. The quantitative estimate of drug-likeness (QED) is 0.587. The van der Waals surface area contributed by atoms with E-state index in [0.717, 1.165) is 5.57 Å². The first-order valence-electron chi connectivity index (χ1n) is 6.48. The number of hydrogen-bond acceptors (Lipinski definition) is 0. The van der Waals surface area contributed by atoms with E-state index in [1.807, 2.05) is 13.0 Å². The van der Waals surface area contributed by atoms with Crippen molar-refractivity contribution in [1.29, 1.82) is 0 Å². The Morgan fingerprint density at radius 2 is 1.42 bits per heavy atom. The van der Waals surface area contributed by atoms with Crippen molar-refractivity contribution in [2.75, 3.05) is 0 Å². The third-order valence-corrected chi connectivity index (χ3v) is 3.37.